The van der Waals surface area contributed by atoms with Crippen molar-refractivity contribution in [1.29, 1.82) is 0 Å². The Morgan fingerprint density at radius 3 is 2.71 bits per heavy atom. The number of nitrogens with two attached hydrogens (primary N) is 1. The normalized spacial score (nSPS) is 12.5. The Morgan fingerprint density at radius 2 is 2.12 bits per heavy atom. The van der Waals surface area contributed by atoms with Gasteiger partial charge in [-0.15, -0.1) is 0 Å². The van der Waals surface area contributed by atoms with Crippen molar-refractivity contribution in [1.82, 2.24) is 0 Å². The van der Waals surface area contributed by atoms with Crippen molar-refractivity contribution in [2.75, 3.05) is 6.61 Å². The molecule has 1 rings (SSSR count). The first kappa shape index (κ1) is 14.5. The fraction of sp³-hybridized carbons (Fsp3) is 0.571. The van der Waals surface area contributed by atoms with Crippen molar-refractivity contribution < 1.29 is 4.74 Å². The van der Waals surface area contributed by atoms with Crippen molar-refractivity contribution in [3.8, 4) is 5.75 Å². The molecule has 0 saturated heterocycles. The number of ether oxygens (including phenoxy) is 1. The van der Waals surface area contributed by atoms with Crippen molar-refractivity contribution in [2.24, 2.45) is 5.73 Å². The molecule has 2 N–H and O–H groups in total. The summed E-state index contributed by atoms with van der Waals surface area (Å²) in [7, 11) is 0. The zero-order valence-electron chi connectivity index (χ0n) is 10.7. The average molecular weight is 300 g/mol. The largest absolute Gasteiger partial charge is 0.493 e. The summed E-state index contributed by atoms with van der Waals surface area (Å²) in [6.07, 6.45) is 4.39. The van der Waals surface area contributed by atoms with Crippen LogP contribution in [-0.2, 0) is 6.42 Å². The lowest BCUT2D eigenvalue weighted by Crippen LogP contribution is -2.18. The Kier molecular flexibility index (Phi) is 6.60. The Bertz CT molecular complexity index is 341. The van der Waals surface area contributed by atoms with Crippen molar-refractivity contribution in [3.63, 3.8) is 0 Å². The number of aryl methyl sites for hydroxylation is 1. The maximum Gasteiger partial charge on any atom is 0.133 e. The molecule has 1 unspecified atom stereocenters. The highest BCUT2D eigenvalue weighted by molar-refractivity contribution is 9.10. The van der Waals surface area contributed by atoms with Crippen LogP contribution in [0.15, 0.2) is 22.7 Å². The molecule has 1 atom stereocenters. The van der Waals surface area contributed by atoms with E-state index in [1.165, 1.54) is 5.56 Å². The predicted octanol–water partition coefficient (Wildman–Crippen LogP) is 3.91. The second-order valence-electron chi connectivity index (χ2n) is 4.26. The van der Waals surface area contributed by atoms with E-state index in [0.29, 0.717) is 12.6 Å². The van der Waals surface area contributed by atoms with E-state index >= 15 is 0 Å². The lowest BCUT2D eigenvalue weighted by atomic mass is 10.0. The van der Waals surface area contributed by atoms with Gasteiger partial charge in [0.15, 0.2) is 0 Å². The van der Waals surface area contributed by atoms with Gasteiger partial charge in [0, 0.05) is 6.04 Å². The molecule has 0 saturated carbocycles. The molecule has 0 fully saturated rings. The van der Waals surface area contributed by atoms with E-state index in [9.17, 15) is 0 Å². The van der Waals surface area contributed by atoms with Gasteiger partial charge in [0.25, 0.3) is 0 Å². The molecule has 2 nitrogen and oxygen atoms in total. The third kappa shape index (κ3) is 5.09. The molecule has 0 aliphatic carbocycles. The van der Waals surface area contributed by atoms with E-state index in [0.717, 1.165) is 35.9 Å². The number of benzene rings is 1. The molecular formula is C14H22BrNO. The zero-order chi connectivity index (χ0) is 12.7. The van der Waals surface area contributed by atoms with Gasteiger partial charge in [-0.25, -0.2) is 0 Å². The Balaban J connectivity index is 2.47. The second-order valence-corrected chi connectivity index (χ2v) is 5.11. The fourth-order valence-electron chi connectivity index (χ4n) is 1.74. The minimum atomic E-state index is 0.348. The summed E-state index contributed by atoms with van der Waals surface area (Å²) in [6.45, 7) is 4.83. The third-order valence-electron chi connectivity index (χ3n) is 2.86. The van der Waals surface area contributed by atoms with E-state index in [2.05, 4.69) is 35.0 Å². The van der Waals surface area contributed by atoms with Crippen LogP contribution in [0.25, 0.3) is 0 Å². The first-order valence-electron chi connectivity index (χ1n) is 6.34. The topological polar surface area (TPSA) is 35.2 Å². The first-order valence-corrected chi connectivity index (χ1v) is 7.13. The van der Waals surface area contributed by atoms with Crippen LogP contribution in [0.4, 0.5) is 0 Å². The van der Waals surface area contributed by atoms with Crippen LogP contribution in [0, 0.1) is 0 Å². The van der Waals surface area contributed by atoms with Gasteiger partial charge < -0.3 is 10.5 Å². The summed E-state index contributed by atoms with van der Waals surface area (Å²) < 4.78 is 6.52. The molecular weight excluding hydrogens is 278 g/mol. The summed E-state index contributed by atoms with van der Waals surface area (Å²) in [4.78, 5) is 0. The van der Waals surface area contributed by atoms with Gasteiger partial charge in [0.1, 0.15) is 5.75 Å². The highest BCUT2D eigenvalue weighted by atomic mass is 79.9. The van der Waals surface area contributed by atoms with E-state index in [-0.39, 0.29) is 0 Å². The highest BCUT2D eigenvalue weighted by Gasteiger charge is 2.03. The molecule has 0 bridgehead atoms. The third-order valence-corrected chi connectivity index (χ3v) is 3.48. The van der Waals surface area contributed by atoms with Crippen LogP contribution in [0.1, 0.15) is 38.7 Å². The second kappa shape index (κ2) is 7.72. The minimum absolute atomic E-state index is 0.348. The lowest BCUT2D eigenvalue weighted by Gasteiger charge is -2.10. The molecule has 17 heavy (non-hydrogen) atoms. The number of halogens is 1. The van der Waals surface area contributed by atoms with Crippen LogP contribution >= 0.6 is 15.9 Å². The maximum absolute atomic E-state index is 5.90. The molecule has 0 aromatic heterocycles. The smallest absolute Gasteiger partial charge is 0.133 e. The van der Waals surface area contributed by atoms with Crippen LogP contribution in [0.3, 0.4) is 0 Å². The maximum atomic E-state index is 5.90. The minimum Gasteiger partial charge on any atom is -0.493 e. The monoisotopic (exact) mass is 299 g/mol. The molecule has 0 heterocycles. The van der Waals surface area contributed by atoms with Crippen molar-refractivity contribution in [2.45, 2.75) is 45.6 Å². The van der Waals surface area contributed by atoms with Crippen molar-refractivity contribution in [3.05, 3.63) is 28.2 Å². The molecule has 0 amide bonds. The summed E-state index contributed by atoms with van der Waals surface area (Å²) in [6, 6.07) is 6.65. The molecule has 96 valence electrons. The van der Waals surface area contributed by atoms with Gasteiger partial charge in [-0.05, 0) is 66.2 Å². The van der Waals surface area contributed by atoms with Gasteiger partial charge in [0.05, 0.1) is 11.1 Å². The molecule has 0 spiro atoms. The number of hydrogen-bond donors (Lipinski definition) is 1. The Hall–Kier alpha value is -0.540. The summed E-state index contributed by atoms with van der Waals surface area (Å²) in [5, 5.41) is 0. The average Bonchev–Trinajstić information content (AvgIpc) is 2.32. The van der Waals surface area contributed by atoms with E-state index in [1.54, 1.807) is 0 Å². The zero-order valence-corrected chi connectivity index (χ0v) is 12.3. The van der Waals surface area contributed by atoms with Gasteiger partial charge in [-0.1, -0.05) is 13.0 Å². The van der Waals surface area contributed by atoms with Crippen molar-refractivity contribution >= 4 is 15.9 Å². The highest BCUT2D eigenvalue weighted by Crippen LogP contribution is 2.26. The van der Waals surface area contributed by atoms with Gasteiger partial charge >= 0.3 is 0 Å². The Labute approximate surface area is 113 Å². The predicted molar refractivity (Wildman–Crippen MR) is 76.5 cm³/mol. The van der Waals surface area contributed by atoms with E-state index in [1.807, 2.05) is 13.0 Å². The SMILES string of the molecule is CCOc1ccc(CCCC(N)CC)cc1Br. The van der Waals surface area contributed by atoms with Crippen LogP contribution in [0.2, 0.25) is 0 Å². The summed E-state index contributed by atoms with van der Waals surface area (Å²) in [5.41, 5.74) is 7.24. The summed E-state index contributed by atoms with van der Waals surface area (Å²) >= 11 is 3.53. The molecule has 1 aromatic rings. The van der Waals surface area contributed by atoms with E-state index in [4.69, 9.17) is 10.5 Å². The molecule has 3 heteroatoms. The van der Waals surface area contributed by atoms with Crippen LogP contribution in [-0.4, -0.2) is 12.6 Å². The van der Waals surface area contributed by atoms with Crippen LogP contribution in [0.5, 0.6) is 5.75 Å². The number of hydrogen-bond acceptors (Lipinski definition) is 2. The van der Waals surface area contributed by atoms with Gasteiger partial charge in [-0.3, -0.25) is 0 Å². The lowest BCUT2D eigenvalue weighted by molar-refractivity contribution is 0.338. The quantitative estimate of drug-likeness (QED) is 0.828. The standard InChI is InChI=1S/C14H22BrNO/c1-3-12(16)7-5-6-11-8-9-14(17-4-2)13(15)10-11/h8-10,12H,3-7,16H2,1-2H3. The van der Waals surface area contributed by atoms with Crippen LogP contribution < -0.4 is 10.5 Å². The first-order chi connectivity index (χ1) is 8.17. The molecule has 0 radical (unpaired) electrons. The Morgan fingerprint density at radius 1 is 1.35 bits per heavy atom. The molecule has 0 aliphatic heterocycles. The van der Waals surface area contributed by atoms with Gasteiger partial charge in [0.2, 0.25) is 0 Å². The number of rotatable bonds is 7. The van der Waals surface area contributed by atoms with E-state index < -0.39 is 0 Å². The van der Waals surface area contributed by atoms with Gasteiger partial charge in [-0.2, -0.15) is 0 Å². The molecule has 1 aromatic carbocycles. The summed E-state index contributed by atoms with van der Waals surface area (Å²) in [5.74, 6) is 0.918. The fourth-order valence-corrected chi connectivity index (χ4v) is 2.29. The molecule has 0 aliphatic rings.